The summed E-state index contributed by atoms with van der Waals surface area (Å²) in [6.45, 7) is 4.65. The van der Waals surface area contributed by atoms with Gasteiger partial charge in [-0.15, -0.1) is 0 Å². The molecule has 0 unspecified atom stereocenters. The van der Waals surface area contributed by atoms with Gasteiger partial charge in [0.25, 0.3) is 0 Å². The highest BCUT2D eigenvalue weighted by atomic mass is 32.2. The fraction of sp³-hybridized carbons (Fsp3) is 0.500. The van der Waals surface area contributed by atoms with Gasteiger partial charge in [0, 0.05) is 26.2 Å². The summed E-state index contributed by atoms with van der Waals surface area (Å²) in [5.41, 5.74) is 0.972. The lowest BCUT2D eigenvalue weighted by molar-refractivity contribution is 0.222. The number of nitrogens with zero attached hydrogens (tertiary/aromatic N) is 2. The zero-order chi connectivity index (χ0) is 12.5. The number of likely N-dealkylation sites (N-methyl/N-ethyl adjacent to an activating group) is 1. The third-order valence-electron chi connectivity index (χ3n) is 3.09. The zero-order valence-electron chi connectivity index (χ0n) is 10.3. The minimum Gasteiger partial charge on any atom is -0.304 e. The van der Waals surface area contributed by atoms with E-state index in [2.05, 4.69) is 4.90 Å². The molecule has 94 valence electrons. The van der Waals surface area contributed by atoms with Crippen LogP contribution in [0.5, 0.6) is 0 Å². The quantitative estimate of drug-likeness (QED) is 0.788. The van der Waals surface area contributed by atoms with Gasteiger partial charge in [-0.25, -0.2) is 8.42 Å². The molecule has 0 aliphatic carbocycles. The smallest absolute Gasteiger partial charge is 0.243 e. The van der Waals surface area contributed by atoms with E-state index in [0.717, 1.165) is 18.7 Å². The van der Waals surface area contributed by atoms with Gasteiger partial charge < -0.3 is 4.90 Å². The predicted octanol–water partition coefficient (Wildman–Crippen LogP) is 0.931. The third-order valence-corrected chi connectivity index (χ3v) is 4.98. The van der Waals surface area contributed by atoms with E-state index in [4.69, 9.17) is 0 Å². The minimum atomic E-state index is -3.30. The number of sulfonamides is 1. The average Bonchev–Trinajstić information content (AvgIpc) is 2.29. The number of hydrogen-bond acceptors (Lipinski definition) is 3. The van der Waals surface area contributed by atoms with Crippen LogP contribution in [0.3, 0.4) is 0 Å². The summed E-state index contributed by atoms with van der Waals surface area (Å²) in [6, 6.07) is 7.09. The van der Waals surface area contributed by atoms with E-state index in [1.807, 2.05) is 20.0 Å². The fourth-order valence-corrected chi connectivity index (χ4v) is 3.48. The van der Waals surface area contributed by atoms with E-state index in [9.17, 15) is 8.42 Å². The van der Waals surface area contributed by atoms with E-state index >= 15 is 0 Å². The van der Waals surface area contributed by atoms with Crippen molar-refractivity contribution in [2.24, 2.45) is 0 Å². The van der Waals surface area contributed by atoms with Crippen LogP contribution in [0.15, 0.2) is 29.2 Å². The summed E-state index contributed by atoms with van der Waals surface area (Å²) >= 11 is 0. The van der Waals surface area contributed by atoms with Crippen molar-refractivity contribution in [3.05, 3.63) is 29.8 Å². The molecule has 0 atom stereocenters. The Morgan fingerprint density at radius 3 is 2.35 bits per heavy atom. The van der Waals surface area contributed by atoms with Gasteiger partial charge in [-0.2, -0.15) is 4.31 Å². The molecule has 2 rings (SSSR count). The van der Waals surface area contributed by atoms with Gasteiger partial charge in [-0.05, 0) is 31.7 Å². The van der Waals surface area contributed by atoms with Crippen molar-refractivity contribution in [1.82, 2.24) is 9.21 Å². The van der Waals surface area contributed by atoms with Crippen LogP contribution in [0.1, 0.15) is 5.56 Å². The van der Waals surface area contributed by atoms with Crippen molar-refractivity contribution in [2.75, 3.05) is 33.2 Å². The molecular formula is C12H18N2O2S. The van der Waals surface area contributed by atoms with Crippen molar-refractivity contribution < 1.29 is 8.42 Å². The Labute approximate surface area is 103 Å². The molecule has 0 spiro atoms. The maximum absolute atomic E-state index is 12.4. The van der Waals surface area contributed by atoms with Crippen molar-refractivity contribution >= 4 is 10.0 Å². The minimum absolute atomic E-state index is 0.405. The third kappa shape index (κ3) is 2.68. The second-order valence-corrected chi connectivity index (χ2v) is 6.46. The molecule has 0 amide bonds. The summed E-state index contributed by atoms with van der Waals surface area (Å²) in [5.74, 6) is 0. The Bertz CT molecular complexity index is 491. The van der Waals surface area contributed by atoms with Crippen LogP contribution < -0.4 is 0 Å². The first-order valence-corrected chi connectivity index (χ1v) is 7.19. The van der Waals surface area contributed by atoms with Crippen LogP contribution in [0.25, 0.3) is 0 Å². The first kappa shape index (κ1) is 12.5. The average molecular weight is 254 g/mol. The Hall–Kier alpha value is -0.910. The van der Waals surface area contributed by atoms with Crippen molar-refractivity contribution in [3.8, 4) is 0 Å². The number of piperazine rings is 1. The van der Waals surface area contributed by atoms with Gasteiger partial charge in [0.2, 0.25) is 10.0 Å². The van der Waals surface area contributed by atoms with E-state index < -0.39 is 10.0 Å². The van der Waals surface area contributed by atoms with Gasteiger partial charge in [0.1, 0.15) is 0 Å². The standard InChI is InChI=1S/C12H18N2O2S/c1-11-4-3-5-12(10-11)17(15,16)14-8-6-13(2)7-9-14/h3-5,10H,6-9H2,1-2H3. The molecule has 0 radical (unpaired) electrons. The zero-order valence-corrected chi connectivity index (χ0v) is 11.1. The summed E-state index contributed by atoms with van der Waals surface area (Å²) in [6.07, 6.45) is 0. The Balaban J connectivity index is 2.25. The van der Waals surface area contributed by atoms with Crippen molar-refractivity contribution in [1.29, 1.82) is 0 Å². The van der Waals surface area contributed by atoms with E-state index in [0.29, 0.717) is 18.0 Å². The molecule has 0 N–H and O–H groups in total. The first-order chi connectivity index (χ1) is 8.00. The highest BCUT2D eigenvalue weighted by Crippen LogP contribution is 2.18. The summed E-state index contributed by atoms with van der Waals surface area (Å²) in [7, 11) is -1.29. The van der Waals surface area contributed by atoms with Gasteiger partial charge >= 0.3 is 0 Å². The predicted molar refractivity (Wildman–Crippen MR) is 67.4 cm³/mol. The SMILES string of the molecule is Cc1cccc(S(=O)(=O)N2CCN(C)CC2)c1. The molecule has 4 nitrogen and oxygen atoms in total. The highest BCUT2D eigenvalue weighted by molar-refractivity contribution is 7.89. The molecule has 5 heteroatoms. The second kappa shape index (κ2) is 4.76. The molecule has 1 heterocycles. The Morgan fingerprint density at radius 2 is 1.76 bits per heavy atom. The van der Waals surface area contributed by atoms with Crippen LogP contribution in [-0.2, 0) is 10.0 Å². The lowest BCUT2D eigenvalue weighted by atomic mass is 10.2. The maximum atomic E-state index is 12.4. The van der Waals surface area contributed by atoms with Crippen LogP contribution in [-0.4, -0.2) is 50.8 Å². The summed E-state index contributed by atoms with van der Waals surface area (Å²) in [5, 5.41) is 0. The summed E-state index contributed by atoms with van der Waals surface area (Å²) in [4.78, 5) is 2.55. The van der Waals surface area contributed by atoms with Crippen LogP contribution in [0, 0.1) is 6.92 Å². The van der Waals surface area contributed by atoms with Gasteiger partial charge in [0.15, 0.2) is 0 Å². The molecule has 0 aromatic heterocycles. The van der Waals surface area contributed by atoms with Gasteiger partial charge in [0.05, 0.1) is 4.90 Å². The van der Waals surface area contributed by atoms with Crippen LogP contribution >= 0.6 is 0 Å². The normalized spacial score (nSPS) is 19.4. The molecule has 1 aliphatic heterocycles. The Kier molecular flexibility index (Phi) is 3.51. The highest BCUT2D eigenvalue weighted by Gasteiger charge is 2.27. The lowest BCUT2D eigenvalue weighted by Crippen LogP contribution is -2.47. The summed E-state index contributed by atoms with van der Waals surface area (Å²) < 4.78 is 26.3. The maximum Gasteiger partial charge on any atom is 0.243 e. The number of hydrogen-bond donors (Lipinski definition) is 0. The fourth-order valence-electron chi connectivity index (χ4n) is 1.95. The number of benzene rings is 1. The first-order valence-electron chi connectivity index (χ1n) is 5.75. The second-order valence-electron chi connectivity index (χ2n) is 4.52. The van der Waals surface area contributed by atoms with E-state index in [1.165, 1.54) is 0 Å². The lowest BCUT2D eigenvalue weighted by Gasteiger charge is -2.31. The number of aryl methyl sites for hydroxylation is 1. The molecular weight excluding hydrogens is 236 g/mol. The van der Waals surface area contributed by atoms with E-state index in [-0.39, 0.29) is 0 Å². The van der Waals surface area contributed by atoms with Crippen molar-refractivity contribution in [3.63, 3.8) is 0 Å². The van der Waals surface area contributed by atoms with E-state index in [1.54, 1.807) is 22.5 Å². The topological polar surface area (TPSA) is 40.6 Å². The molecule has 0 bridgehead atoms. The monoisotopic (exact) mass is 254 g/mol. The Morgan fingerprint density at radius 1 is 1.12 bits per heavy atom. The van der Waals surface area contributed by atoms with Crippen LogP contribution in [0.4, 0.5) is 0 Å². The molecule has 0 saturated carbocycles. The van der Waals surface area contributed by atoms with Gasteiger partial charge in [-0.1, -0.05) is 12.1 Å². The van der Waals surface area contributed by atoms with Gasteiger partial charge in [-0.3, -0.25) is 0 Å². The molecule has 1 aliphatic rings. The molecule has 1 aromatic rings. The molecule has 1 fully saturated rings. The molecule has 1 aromatic carbocycles. The number of rotatable bonds is 2. The van der Waals surface area contributed by atoms with Crippen LogP contribution in [0.2, 0.25) is 0 Å². The molecule has 1 saturated heterocycles. The largest absolute Gasteiger partial charge is 0.304 e. The molecule has 17 heavy (non-hydrogen) atoms. The van der Waals surface area contributed by atoms with Crippen molar-refractivity contribution in [2.45, 2.75) is 11.8 Å².